The summed E-state index contributed by atoms with van der Waals surface area (Å²) < 4.78 is 13.9. The topological polar surface area (TPSA) is 111 Å². The molecule has 3 aromatic rings. The zero-order chi connectivity index (χ0) is 22.7. The normalized spacial score (nSPS) is 14.6. The van der Waals surface area contributed by atoms with E-state index in [0.717, 1.165) is 6.20 Å². The molecule has 3 N–H and O–H groups in total. The van der Waals surface area contributed by atoms with Gasteiger partial charge in [-0.3, -0.25) is 10.3 Å². The Bertz CT molecular complexity index is 1240. The fourth-order valence-electron chi connectivity index (χ4n) is 3.40. The molecule has 0 spiro atoms. The van der Waals surface area contributed by atoms with Crippen molar-refractivity contribution >= 4 is 23.2 Å². The standard InChI is InChI=1S/C23H18FN5O2S/c1-2-20-28-19(12-32-20)29-22(31)27-18(11-30)15-5-3-14(4-6-15)17-9-16(24)10-26-21(17)23(13-25)7-8-23/h1,3-6,9-10,12,18,30H,7-8,11H2,(H2,27,29,31)/t18-/m0/s1. The summed E-state index contributed by atoms with van der Waals surface area (Å²) in [5.41, 5.74) is 1.82. The van der Waals surface area contributed by atoms with Crippen molar-refractivity contribution in [3.63, 3.8) is 0 Å². The summed E-state index contributed by atoms with van der Waals surface area (Å²) in [7, 11) is 0. The minimum absolute atomic E-state index is 0.324. The van der Waals surface area contributed by atoms with Crippen LogP contribution in [0.1, 0.15) is 35.1 Å². The number of aromatic nitrogens is 2. The number of urea groups is 1. The van der Waals surface area contributed by atoms with Crippen LogP contribution in [-0.2, 0) is 5.41 Å². The molecule has 9 heteroatoms. The minimum Gasteiger partial charge on any atom is -0.394 e. The molecular weight excluding hydrogens is 429 g/mol. The van der Waals surface area contributed by atoms with Crippen LogP contribution in [-0.4, -0.2) is 27.7 Å². The van der Waals surface area contributed by atoms with Gasteiger partial charge < -0.3 is 10.4 Å². The van der Waals surface area contributed by atoms with Crippen LogP contribution in [0.15, 0.2) is 41.9 Å². The Morgan fingerprint density at radius 2 is 2.12 bits per heavy atom. The van der Waals surface area contributed by atoms with Crippen molar-refractivity contribution in [2.24, 2.45) is 0 Å². The first-order valence-corrected chi connectivity index (χ1v) is 10.6. The number of thiazole rings is 1. The largest absolute Gasteiger partial charge is 0.394 e. The first-order chi connectivity index (χ1) is 15.5. The van der Waals surface area contributed by atoms with E-state index in [4.69, 9.17) is 6.42 Å². The predicted octanol–water partition coefficient (Wildman–Crippen LogP) is 3.74. The van der Waals surface area contributed by atoms with E-state index in [9.17, 15) is 19.6 Å². The first kappa shape index (κ1) is 21.4. The fraction of sp³-hybridized carbons (Fsp3) is 0.217. The number of nitriles is 1. The quantitative estimate of drug-likeness (QED) is 0.499. The van der Waals surface area contributed by atoms with E-state index >= 15 is 0 Å². The molecule has 1 atom stereocenters. The van der Waals surface area contributed by atoms with Gasteiger partial charge in [0.1, 0.15) is 17.1 Å². The van der Waals surface area contributed by atoms with Gasteiger partial charge in [-0.15, -0.1) is 17.8 Å². The van der Waals surface area contributed by atoms with E-state index in [2.05, 4.69) is 32.6 Å². The average molecular weight is 447 g/mol. The lowest BCUT2D eigenvalue weighted by Crippen LogP contribution is -2.34. The average Bonchev–Trinajstić information content (AvgIpc) is 3.48. The number of pyridine rings is 1. The second-order valence-electron chi connectivity index (χ2n) is 7.38. The molecule has 1 aromatic carbocycles. The highest BCUT2D eigenvalue weighted by molar-refractivity contribution is 7.10. The SMILES string of the molecule is C#Cc1nc(NC(=O)N[C@@H](CO)c2ccc(-c3cc(F)cnc3C3(C#N)CC3)cc2)cs1. The molecule has 160 valence electrons. The summed E-state index contributed by atoms with van der Waals surface area (Å²) in [6.07, 6.45) is 7.79. The van der Waals surface area contributed by atoms with Crippen molar-refractivity contribution in [1.29, 1.82) is 5.26 Å². The van der Waals surface area contributed by atoms with Crippen molar-refractivity contribution < 1.29 is 14.3 Å². The van der Waals surface area contributed by atoms with Crippen LogP contribution in [0.3, 0.4) is 0 Å². The third-order valence-corrected chi connectivity index (χ3v) is 6.03. The van der Waals surface area contributed by atoms with Crippen LogP contribution >= 0.6 is 11.3 Å². The van der Waals surface area contributed by atoms with Crippen LogP contribution in [0.5, 0.6) is 0 Å². The van der Waals surface area contributed by atoms with Gasteiger partial charge in [0.2, 0.25) is 0 Å². The molecule has 0 bridgehead atoms. The van der Waals surface area contributed by atoms with Crippen LogP contribution in [0.2, 0.25) is 0 Å². The number of hydrogen-bond acceptors (Lipinski definition) is 6. The number of nitrogens with zero attached hydrogens (tertiary/aromatic N) is 3. The Morgan fingerprint density at radius 3 is 2.72 bits per heavy atom. The minimum atomic E-state index is -0.672. The van der Waals surface area contributed by atoms with Crippen molar-refractivity contribution in [2.45, 2.75) is 24.3 Å². The highest BCUT2D eigenvalue weighted by atomic mass is 32.1. The summed E-state index contributed by atoms with van der Waals surface area (Å²) in [4.78, 5) is 20.5. The number of nitrogens with one attached hydrogen (secondary N) is 2. The second-order valence-corrected chi connectivity index (χ2v) is 8.24. The molecule has 1 aliphatic carbocycles. The number of carbonyl (C=O) groups is 1. The highest BCUT2D eigenvalue weighted by Crippen LogP contribution is 2.49. The second kappa shape index (κ2) is 8.75. The maximum atomic E-state index is 13.9. The summed E-state index contributed by atoms with van der Waals surface area (Å²) in [6.45, 7) is -0.330. The molecule has 0 unspecified atom stereocenters. The van der Waals surface area contributed by atoms with Gasteiger partial charge in [-0.05, 0) is 36.0 Å². The Kier molecular flexibility index (Phi) is 5.87. The smallest absolute Gasteiger partial charge is 0.320 e. The van der Waals surface area contributed by atoms with Gasteiger partial charge in [-0.25, -0.2) is 14.2 Å². The molecule has 32 heavy (non-hydrogen) atoms. The lowest BCUT2D eigenvalue weighted by Gasteiger charge is -2.18. The lowest BCUT2D eigenvalue weighted by molar-refractivity contribution is 0.225. The molecule has 0 saturated heterocycles. The molecule has 1 fully saturated rings. The third-order valence-electron chi connectivity index (χ3n) is 5.25. The number of aliphatic hydroxyl groups is 1. The maximum absolute atomic E-state index is 13.9. The Balaban J connectivity index is 1.52. The summed E-state index contributed by atoms with van der Waals surface area (Å²) >= 11 is 1.23. The third kappa shape index (κ3) is 4.30. The molecule has 1 saturated carbocycles. The molecule has 1 aliphatic rings. The van der Waals surface area contributed by atoms with Gasteiger partial charge in [0.05, 0.1) is 30.6 Å². The summed E-state index contributed by atoms with van der Waals surface area (Å²) in [5, 5.41) is 26.6. The van der Waals surface area contributed by atoms with Gasteiger partial charge in [-0.1, -0.05) is 24.3 Å². The molecule has 2 heterocycles. The van der Waals surface area contributed by atoms with E-state index in [-0.39, 0.29) is 6.61 Å². The Labute approximate surface area is 188 Å². The molecular formula is C23H18FN5O2S. The number of hydrogen-bond donors (Lipinski definition) is 3. The van der Waals surface area contributed by atoms with E-state index < -0.39 is 23.3 Å². The fourth-order valence-corrected chi connectivity index (χ4v) is 3.96. The number of rotatable bonds is 6. The van der Waals surface area contributed by atoms with Crippen molar-refractivity contribution in [2.75, 3.05) is 11.9 Å². The molecule has 7 nitrogen and oxygen atoms in total. The summed E-state index contributed by atoms with van der Waals surface area (Å²) in [6, 6.07) is 9.44. The number of halogens is 1. The molecule has 4 rings (SSSR count). The number of benzene rings is 1. The van der Waals surface area contributed by atoms with Gasteiger partial charge in [-0.2, -0.15) is 5.26 Å². The number of terminal acetylenes is 1. The maximum Gasteiger partial charge on any atom is 0.320 e. The van der Waals surface area contributed by atoms with E-state index in [1.165, 1.54) is 17.4 Å². The van der Waals surface area contributed by atoms with Gasteiger partial charge >= 0.3 is 6.03 Å². The van der Waals surface area contributed by atoms with E-state index in [0.29, 0.717) is 46.1 Å². The monoisotopic (exact) mass is 447 g/mol. The van der Waals surface area contributed by atoms with Crippen LogP contribution in [0.4, 0.5) is 15.0 Å². The molecule has 2 aromatic heterocycles. The molecule has 0 radical (unpaired) electrons. The van der Waals surface area contributed by atoms with Crippen LogP contribution in [0, 0.1) is 29.5 Å². The van der Waals surface area contributed by atoms with Gasteiger partial charge in [0.15, 0.2) is 5.01 Å². The van der Waals surface area contributed by atoms with Crippen LogP contribution < -0.4 is 10.6 Å². The van der Waals surface area contributed by atoms with E-state index in [1.54, 1.807) is 29.6 Å². The zero-order valence-corrected chi connectivity index (χ0v) is 17.6. The van der Waals surface area contributed by atoms with Crippen molar-refractivity contribution in [1.82, 2.24) is 15.3 Å². The number of aliphatic hydroxyl groups excluding tert-OH is 1. The number of anilines is 1. The molecule has 2 amide bonds. The highest BCUT2D eigenvalue weighted by Gasteiger charge is 2.48. The lowest BCUT2D eigenvalue weighted by atomic mass is 9.93. The van der Waals surface area contributed by atoms with Gasteiger partial charge in [0, 0.05) is 10.9 Å². The van der Waals surface area contributed by atoms with Crippen molar-refractivity contribution in [3.05, 3.63) is 64.0 Å². The van der Waals surface area contributed by atoms with E-state index in [1.807, 2.05) is 0 Å². The first-order valence-electron chi connectivity index (χ1n) is 9.76. The predicted molar refractivity (Wildman–Crippen MR) is 118 cm³/mol. The van der Waals surface area contributed by atoms with Gasteiger partial charge in [0.25, 0.3) is 0 Å². The zero-order valence-electron chi connectivity index (χ0n) is 16.8. The number of amides is 2. The Hall–Kier alpha value is -3.79. The Morgan fingerprint density at radius 1 is 1.38 bits per heavy atom. The number of carbonyl (C=O) groups excluding carboxylic acids is 1. The summed E-state index contributed by atoms with van der Waals surface area (Å²) in [5.74, 6) is 2.23. The van der Waals surface area contributed by atoms with Crippen LogP contribution in [0.25, 0.3) is 11.1 Å². The molecule has 0 aliphatic heterocycles. The van der Waals surface area contributed by atoms with Crippen molar-refractivity contribution in [3.8, 4) is 29.5 Å².